The average Bonchev–Trinajstić information content (AvgIpc) is 2.38. The van der Waals surface area contributed by atoms with Crippen molar-refractivity contribution in [3.63, 3.8) is 0 Å². The molecule has 0 radical (unpaired) electrons. The van der Waals surface area contributed by atoms with Gasteiger partial charge in [-0.25, -0.2) is 9.97 Å². The van der Waals surface area contributed by atoms with Crippen molar-refractivity contribution >= 4 is 11.6 Å². The zero-order valence-corrected chi connectivity index (χ0v) is 13.0. The Morgan fingerprint density at radius 2 is 1.84 bits per heavy atom. The molecule has 1 heterocycles. The summed E-state index contributed by atoms with van der Waals surface area (Å²) in [5.74, 6) is 1.82. The van der Waals surface area contributed by atoms with Crippen molar-refractivity contribution in [2.24, 2.45) is 5.41 Å². The molecule has 0 unspecified atom stereocenters. The smallest absolute Gasteiger partial charge is 0.134 e. The highest BCUT2D eigenvalue weighted by Gasteiger charge is 2.18. The molecule has 0 bridgehead atoms. The number of unbranched alkanes of at least 4 members (excludes halogenated alkanes) is 2. The Bertz CT molecular complexity index is 388. The number of hydrogen-bond donors (Lipinski definition) is 2. The fourth-order valence-corrected chi connectivity index (χ4v) is 2.15. The summed E-state index contributed by atoms with van der Waals surface area (Å²) < 4.78 is 0. The summed E-state index contributed by atoms with van der Waals surface area (Å²) in [7, 11) is 1.88. The van der Waals surface area contributed by atoms with Crippen LogP contribution >= 0.6 is 0 Å². The molecule has 4 heteroatoms. The van der Waals surface area contributed by atoms with E-state index < -0.39 is 0 Å². The number of nitrogens with one attached hydrogen (secondary N) is 2. The number of nitrogens with zero attached hydrogens (tertiary/aromatic N) is 2. The van der Waals surface area contributed by atoms with Gasteiger partial charge in [-0.1, -0.05) is 40.0 Å². The van der Waals surface area contributed by atoms with Crippen LogP contribution < -0.4 is 10.6 Å². The molecule has 0 saturated carbocycles. The molecule has 2 N–H and O–H groups in total. The molecule has 19 heavy (non-hydrogen) atoms. The van der Waals surface area contributed by atoms with E-state index in [0.717, 1.165) is 23.7 Å². The van der Waals surface area contributed by atoms with Gasteiger partial charge in [-0.3, -0.25) is 0 Å². The van der Waals surface area contributed by atoms with Crippen LogP contribution in [0.5, 0.6) is 0 Å². The van der Waals surface area contributed by atoms with Gasteiger partial charge in [0.05, 0.1) is 0 Å². The van der Waals surface area contributed by atoms with Gasteiger partial charge >= 0.3 is 0 Å². The van der Waals surface area contributed by atoms with E-state index in [4.69, 9.17) is 0 Å². The van der Waals surface area contributed by atoms with E-state index >= 15 is 0 Å². The third kappa shape index (κ3) is 5.05. The second-order valence-electron chi connectivity index (χ2n) is 5.92. The highest BCUT2D eigenvalue weighted by atomic mass is 15.1. The Morgan fingerprint density at radius 3 is 2.47 bits per heavy atom. The third-order valence-electron chi connectivity index (χ3n) is 3.51. The van der Waals surface area contributed by atoms with E-state index in [9.17, 15) is 0 Å². The van der Waals surface area contributed by atoms with Crippen LogP contribution in [0.2, 0.25) is 0 Å². The largest absolute Gasteiger partial charge is 0.373 e. The lowest BCUT2D eigenvalue weighted by atomic mass is 9.87. The topological polar surface area (TPSA) is 49.8 Å². The number of anilines is 2. The Labute approximate surface area is 117 Å². The maximum absolute atomic E-state index is 4.32. The molecular formula is C15H28N4. The molecule has 0 atom stereocenters. The summed E-state index contributed by atoms with van der Waals surface area (Å²) in [5, 5.41) is 6.55. The van der Waals surface area contributed by atoms with E-state index in [1.54, 1.807) is 6.33 Å². The molecule has 0 aliphatic heterocycles. The minimum absolute atomic E-state index is 0.298. The van der Waals surface area contributed by atoms with Crippen molar-refractivity contribution in [2.75, 3.05) is 24.2 Å². The highest BCUT2D eigenvalue weighted by molar-refractivity contribution is 5.56. The third-order valence-corrected chi connectivity index (χ3v) is 3.51. The van der Waals surface area contributed by atoms with Crippen molar-refractivity contribution in [2.45, 2.75) is 53.4 Å². The monoisotopic (exact) mass is 264 g/mol. The standard InChI is InChI=1S/C15H28N4/c1-6-7-8-9-15(3,4)10-17-14-12(2)13(16-5)18-11-19-14/h11H,6-10H2,1-5H3,(H2,16,17,18,19). The maximum Gasteiger partial charge on any atom is 0.134 e. The van der Waals surface area contributed by atoms with Crippen molar-refractivity contribution in [1.82, 2.24) is 9.97 Å². The van der Waals surface area contributed by atoms with Gasteiger partial charge in [0, 0.05) is 19.2 Å². The first-order valence-corrected chi connectivity index (χ1v) is 7.23. The first-order valence-electron chi connectivity index (χ1n) is 7.23. The molecule has 0 aliphatic carbocycles. The van der Waals surface area contributed by atoms with Crippen LogP contribution in [-0.2, 0) is 0 Å². The second-order valence-corrected chi connectivity index (χ2v) is 5.92. The Kier molecular flexibility index (Phi) is 6.06. The molecule has 0 fully saturated rings. The summed E-state index contributed by atoms with van der Waals surface area (Å²) in [5.41, 5.74) is 1.38. The van der Waals surface area contributed by atoms with E-state index in [0.29, 0.717) is 5.41 Å². The molecule has 108 valence electrons. The normalized spacial score (nSPS) is 11.4. The first-order chi connectivity index (χ1) is 9.00. The lowest BCUT2D eigenvalue weighted by molar-refractivity contribution is 0.342. The second kappa shape index (κ2) is 7.31. The summed E-state index contributed by atoms with van der Waals surface area (Å²) in [6.07, 6.45) is 6.75. The fraction of sp³-hybridized carbons (Fsp3) is 0.733. The van der Waals surface area contributed by atoms with Crippen molar-refractivity contribution in [3.05, 3.63) is 11.9 Å². The van der Waals surface area contributed by atoms with Crippen molar-refractivity contribution in [3.8, 4) is 0 Å². The summed E-state index contributed by atoms with van der Waals surface area (Å²) in [4.78, 5) is 8.52. The quantitative estimate of drug-likeness (QED) is 0.700. The van der Waals surface area contributed by atoms with Crippen LogP contribution in [-0.4, -0.2) is 23.6 Å². The van der Waals surface area contributed by atoms with Crippen LogP contribution in [0.15, 0.2) is 6.33 Å². The van der Waals surface area contributed by atoms with Gasteiger partial charge < -0.3 is 10.6 Å². The average molecular weight is 264 g/mol. The molecule has 0 saturated heterocycles. The molecular weight excluding hydrogens is 236 g/mol. The van der Waals surface area contributed by atoms with E-state index in [1.807, 2.05) is 14.0 Å². The minimum Gasteiger partial charge on any atom is -0.373 e. The maximum atomic E-state index is 4.32. The summed E-state index contributed by atoms with van der Waals surface area (Å²) >= 11 is 0. The zero-order chi connectivity index (χ0) is 14.3. The minimum atomic E-state index is 0.298. The van der Waals surface area contributed by atoms with Crippen LogP contribution in [0.4, 0.5) is 11.6 Å². The number of hydrogen-bond acceptors (Lipinski definition) is 4. The van der Waals surface area contributed by atoms with Crippen LogP contribution in [0.25, 0.3) is 0 Å². The van der Waals surface area contributed by atoms with Gasteiger partial charge in [0.2, 0.25) is 0 Å². The van der Waals surface area contributed by atoms with Crippen LogP contribution in [0.1, 0.15) is 52.0 Å². The van der Waals surface area contributed by atoms with E-state index in [-0.39, 0.29) is 0 Å². The lowest BCUT2D eigenvalue weighted by Crippen LogP contribution is -2.24. The molecule has 0 spiro atoms. The first kappa shape index (κ1) is 15.7. The molecule has 1 rings (SSSR count). The lowest BCUT2D eigenvalue weighted by Gasteiger charge is -2.25. The Hall–Kier alpha value is -1.32. The molecule has 1 aromatic heterocycles. The Balaban J connectivity index is 2.56. The number of rotatable bonds is 8. The van der Waals surface area contributed by atoms with Gasteiger partial charge in [-0.05, 0) is 18.8 Å². The molecule has 0 amide bonds. The molecule has 1 aromatic rings. The zero-order valence-electron chi connectivity index (χ0n) is 13.0. The molecule has 4 nitrogen and oxygen atoms in total. The van der Waals surface area contributed by atoms with Gasteiger partial charge in [-0.15, -0.1) is 0 Å². The van der Waals surface area contributed by atoms with Crippen LogP contribution in [0.3, 0.4) is 0 Å². The fourth-order valence-electron chi connectivity index (χ4n) is 2.15. The van der Waals surface area contributed by atoms with Crippen LogP contribution in [0, 0.1) is 12.3 Å². The van der Waals surface area contributed by atoms with Gasteiger partial charge in [0.1, 0.15) is 18.0 Å². The predicted molar refractivity (Wildman–Crippen MR) is 82.7 cm³/mol. The number of aromatic nitrogens is 2. The summed E-state index contributed by atoms with van der Waals surface area (Å²) in [6, 6.07) is 0. The van der Waals surface area contributed by atoms with E-state index in [1.165, 1.54) is 25.7 Å². The van der Waals surface area contributed by atoms with Gasteiger partial charge in [0.25, 0.3) is 0 Å². The molecule has 0 aliphatic rings. The predicted octanol–water partition coefficient (Wildman–Crippen LogP) is 3.85. The van der Waals surface area contributed by atoms with Gasteiger partial charge in [0.15, 0.2) is 0 Å². The van der Waals surface area contributed by atoms with Crippen molar-refractivity contribution in [1.29, 1.82) is 0 Å². The highest BCUT2D eigenvalue weighted by Crippen LogP contribution is 2.25. The van der Waals surface area contributed by atoms with Crippen molar-refractivity contribution < 1.29 is 0 Å². The SMILES string of the molecule is CCCCCC(C)(C)CNc1ncnc(NC)c1C. The Morgan fingerprint density at radius 1 is 1.16 bits per heavy atom. The molecule has 0 aromatic carbocycles. The van der Waals surface area contributed by atoms with Gasteiger partial charge in [-0.2, -0.15) is 0 Å². The van der Waals surface area contributed by atoms with E-state index in [2.05, 4.69) is 41.4 Å². The summed E-state index contributed by atoms with van der Waals surface area (Å²) in [6.45, 7) is 9.85.